The molecule has 1 aromatic heterocycles. The van der Waals surface area contributed by atoms with Crippen molar-refractivity contribution in [2.75, 3.05) is 34.3 Å². The van der Waals surface area contributed by atoms with E-state index in [2.05, 4.69) is 4.98 Å². The van der Waals surface area contributed by atoms with Crippen LogP contribution in [0, 0.1) is 0 Å². The molecule has 0 aliphatic carbocycles. The number of methoxy groups -OCH3 is 1. The smallest absolute Gasteiger partial charge is 0.295 e. The molecule has 1 saturated heterocycles. The minimum Gasteiger partial charge on any atom is -0.507 e. The van der Waals surface area contributed by atoms with Gasteiger partial charge in [-0.05, 0) is 57.4 Å². The SMILES string of the molecule is COc1ccc(/C(O)=C2/C(=O)C(=O)N(CCCN(C)C)C2c2ccccn2)cc1Cl. The normalized spacial score (nSPS) is 18.3. The van der Waals surface area contributed by atoms with E-state index >= 15 is 0 Å². The molecule has 8 heteroatoms. The third kappa shape index (κ3) is 4.32. The van der Waals surface area contributed by atoms with E-state index in [0.717, 1.165) is 6.54 Å². The van der Waals surface area contributed by atoms with Gasteiger partial charge in [-0.1, -0.05) is 17.7 Å². The van der Waals surface area contributed by atoms with Crippen molar-refractivity contribution in [2.24, 2.45) is 0 Å². The average Bonchev–Trinajstić information content (AvgIpc) is 2.98. The summed E-state index contributed by atoms with van der Waals surface area (Å²) in [5.41, 5.74) is 0.848. The predicted octanol–water partition coefficient (Wildman–Crippen LogP) is 3.12. The summed E-state index contributed by atoms with van der Waals surface area (Å²) < 4.78 is 5.14. The van der Waals surface area contributed by atoms with Crippen LogP contribution in [-0.2, 0) is 9.59 Å². The van der Waals surface area contributed by atoms with Crippen molar-refractivity contribution in [3.05, 3.63) is 64.4 Å². The molecule has 1 N–H and O–H groups in total. The maximum Gasteiger partial charge on any atom is 0.295 e. The van der Waals surface area contributed by atoms with Gasteiger partial charge in [0.15, 0.2) is 0 Å². The largest absolute Gasteiger partial charge is 0.507 e. The Morgan fingerprint density at radius 2 is 2.03 bits per heavy atom. The highest BCUT2D eigenvalue weighted by Crippen LogP contribution is 2.39. The standard InChI is InChI=1S/C22H24ClN3O4/c1-25(2)11-6-12-26-19(16-7-4-5-10-24-16)18(21(28)22(26)29)20(27)14-8-9-17(30-3)15(23)13-14/h4-5,7-10,13,19,27H,6,11-12H2,1-3H3/b20-18-. The second-order valence-electron chi connectivity index (χ2n) is 7.25. The Hall–Kier alpha value is -2.90. The fourth-order valence-electron chi connectivity index (χ4n) is 3.48. The first-order valence-corrected chi connectivity index (χ1v) is 9.91. The number of carbonyl (C=O) groups excluding carboxylic acids is 2. The van der Waals surface area contributed by atoms with Crippen LogP contribution in [0.15, 0.2) is 48.2 Å². The van der Waals surface area contributed by atoms with Crippen molar-refractivity contribution in [2.45, 2.75) is 12.5 Å². The number of nitrogens with zero attached hydrogens (tertiary/aromatic N) is 3. The van der Waals surface area contributed by atoms with Gasteiger partial charge in [0.1, 0.15) is 17.6 Å². The molecular formula is C22H24ClN3O4. The van der Waals surface area contributed by atoms with Gasteiger partial charge in [0.25, 0.3) is 11.7 Å². The number of aliphatic hydroxyl groups is 1. The quantitative estimate of drug-likeness (QED) is 0.413. The Morgan fingerprint density at radius 3 is 2.63 bits per heavy atom. The second kappa shape index (κ2) is 9.28. The zero-order valence-electron chi connectivity index (χ0n) is 17.1. The maximum absolute atomic E-state index is 12.9. The van der Waals surface area contributed by atoms with Gasteiger partial charge in [-0.2, -0.15) is 0 Å². The van der Waals surface area contributed by atoms with E-state index in [1.54, 1.807) is 36.5 Å². The molecule has 0 bridgehead atoms. The van der Waals surface area contributed by atoms with Gasteiger partial charge in [0.05, 0.1) is 23.4 Å². The van der Waals surface area contributed by atoms with E-state index in [9.17, 15) is 14.7 Å². The lowest BCUT2D eigenvalue weighted by molar-refractivity contribution is -0.140. The molecule has 0 spiro atoms. The Kier molecular flexibility index (Phi) is 6.74. The highest BCUT2D eigenvalue weighted by atomic mass is 35.5. The minimum absolute atomic E-state index is 0.00443. The minimum atomic E-state index is -0.769. The van der Waals surface area contributed by atoms with Crippen LogP contribution in [-0.4, -0.2) is 65.9 Å². The van der Waals surface area contributed by atoms with Gasteiger partial charge in [-0.25, -0.2) is 0 Å². The maximum atomic E-state index is 12.9. The molecule has 2 heterocycles. The van der Waals surface area contributed by atoms with E-state index in [0.29, 0.717) is 30.0 Å². The Labute approximate surface area is 180 Å². The van der Waals surface area contributed by atoms with E-state index < -0.39 is 17.7 Å². The zero-order valence-corrected chi connectivity index (χ0v) is 17.9. The molecule has 1 aliphatic rings. The molecule has 1 aliphatic heterocycles. The van der Waals surface area contributed by atoms with Gasteiger partial charge in [0.2, 0.25) is 0 Å². The second-order valence-corrected chi connectivity index (χ2v) is 7.66. The van der Waals surface area contributed by atoms with E-state index in [4.69, 9.17) is 16.3 Å². The van der Waals surface area contributed by atoms with Crippen LogP contribution in [0.1, 0.15) is 23.7 Å². The highest BCUT2D eigenvalue weighted by molar-refractivity contribution is 6.46. The number of Topliss-reactive ketones (excluding diaryl/α,β-unsaturated/α-hetero) is 1. The highest BCUT2D eigenvalue weighted by Gasteiger charge is 2.46. The van der Waals surface area contributed by atoms with Crippen molar-refractivity contribution in [1.82, 2.24) is 14.8 Å². The molecule has 158 valence electrons. The van der Waals surface area contributed by atoms with Gasteiger partial charge >= 0.3 is 0 Å². The average molecular weight is 430 g/mol. The van der Waals surface area contributed by atoms with Crippen LogP contribution in [0.25, 0.3) is 5.76 Å². The van der Waals surface area contributed by atoms with Crippen molar-refractivity contribution in [1.29, 1.82) is 0 Å². The molecule has 1 atom stereocenters. The number of likely N-dealkylation sites (tertiary alicyclic amines) is 1. The fourth-order valence-corrected chi connectivity index (χ4v) is 3.74. The number of carbonyl (C=O) groups is 2. The monoisotopic (exact) mass is 429 g/mol. The molecule has 0 saturated carbocycles. The first-order valence-electron chi connectivity index (χ1n) is 9.53. The van der Waals surface area contributed by atoms with Crippen LogP contribution in [0.5, 0.6) is 5.75 Å². The number of pyridine rings is 1. The summed E-state index contributed by atoms with van der Waals surface area (Å²) in [6.45, 7) is 1.12. The van der Waals surface area contributed by atoms with Crippen LogP contribution >= 0.6 is 11.6 Å². The lowest BCUT2D eigenvalue weighted by atomic mass is 9.98. The van der Waals surface area contributed by atoms with Gasteiger partial charge < -0.3 is 19.6 Å². The first kappa shape index (κ1) is 21.8. The fraction of sp³-hybridized carbons (Fsp3) is 0.318. The van der Waals surface area contributed by atoms with Crippen molar-refractivity contribution < 1.29 is 19.4 Å². The first-order chi connectivity index (χ1) is 14.3. The van der Waals surface area contributed by atoms with E-state index in [1.807, 2.05) is 19.0 Å². The Bertz CT molecular complexity index is 976. The van der Waals surface area contributed by atoms with E-state index in [-0.39, 0.29) is 16.4 Å². The number of ether oxygens (including phenoxy) is 1. The molecule has 7 nitrogen and oxygen atoms in total. The lowest BCUT2D eigenvalue weighted by Gasteiger charge is -2.25. The third-order valence-corrected chi connectivity index (χ3v) is 5.23. The molecule has 3 rings (SSSR count). The molecule has 1 amide bonds. The van der Waals surface area contributed by atoms with Gasteiger partial charge in [-0.15, -0.1) is 0 Å². The molecule has 1 fully saturated rings. The summed E-state index contributed by atoms with van der Waals surface area (Å²) in [6, 6.07) is 9.20. The number of halogens is 1. The summed E-state index contributed by atoms with van der Waals surface area (Å²) in [5, 5.41) is 11.3. The molecule has 1 unspecified atom stereocenters. The summed E-state index contributed by atoms with van der Waals surface area (Å²) in [5.74, 6) is -1.23. The number of amides is 1. The zero-order chi connectivity index (χ0) is 21.8. The molecule has 0 radical (unpaired) electrons. The van der Waals surface area contributed by atoms with Crippen molar-refractivity contribution in [3.63, 3.8) is 0 Å². The van der Waals surface area contributed by atoms with Crippen LogP contribution < -0.4 is 4.74 Å². The van der Waals surface area contributed by atoms with Gasteiger partial charge in [-0.3, -0.25) is 14.6 Å². The number of rotatable bonds is 7. The number of aliphatic hydroxyl groups excluding tert-OH is 1. The number of hydrogen-bond acceptors (Lipinski definition) is 6. The number of ketones is 1. The summed E-state index contributed by atoms with van der Waals surface area (Å²) in [4.78, 5) is 33.6. The van der Waals surface area contributed by atoms with Crippen LogP contribution in [0.2, 0.25) is 5.02 Å². The van der Waals surface area contributed by atoms with Crippen LogP contribution in [0.4, 0.5) is 0 Å². The molecule has 2 aromatic rings. The topological polar surface area (TPSA) is 83.0 Å². The predicted molar refractivity (Wildman–Crippen MR) is 114 cm³/mol. The number of hydrogen-bond donors (Lipinski definition) is 1. The Balaban J connectivity index is 2.08. The number of aromatic nitrogens is 1. The molecular weight excluding hydrogens is 406 g/mol. The van der Waals surface area contributed by atoms with E-state index in [1.165, 1.54) is 18.1 Å². The summed E-state index contributed by atoms with van der Waals surface area (Å²) >= 11 is 6.19. The molecule has 1 aromatic carbocycles. The van der Waals surface area contributed by atoms with Crippen molar-refractivity contribution >= 4 is 29.1 Å². The Morgan fingerprint density at radius 1 is 1.27 bits per heavy atom. The third-order valence-electron chi connectivity index (χ3n) is 4.94. The summed E-state index contributed by atoms with van der Waals surface area (Å²) in [6.07, 6.45) is 2.28. The summed E-state index contributed by atoms with van der Waals surface area (Å²) in [7, 11) is 5.37. The lowest BCUT2D eigenvalue weighted by Crippen LogP contribution is -2.32. The number of benzene rings is 1. The van der Waals surface area contributed by atoms with Gasteiger partial charge in [0, 0.05) is 18.3 Å². The van der Waals surface area contributed by atoms with Crippen LogP contribution in [0.3, 0.4) is 0 Å². The molecule has 30 heavy (non-hydrogen) atoms. The van der Waals surface area contributed by atoms with Crippen molar-refractivity contribution in [3.8, 4) is 5.75 Å².